The number of aliphatic hydroxyl groups is 1. The van der Waals surface area contributed by atoms with Gasteiger partial charge < -0.3 is 5.11 Å². The van der Waals surface area contributed by atoms with E-state index in [9.17, 15) is 5.11 Å². The molecule has 2 rings (SSSR count). The summed E-state index contributed by atoms with van der Waals surface area (Å²) < 4.78 is 2.01. The number of aromatic nitrogens is 2. The lowest BCUT2D eigenvalue weighted by molar-refractivity contribution is 0.280. The van der Waals surface area contributed by atoms with Crippen molar-refractivity contribution in [1.29, 1.82) is 0 Å². The summed E-state index contributed by atoms with van der Waals surface area (Å²) >= 11 is 0. The van der Waals surface area contributed by atoms with E-state index in [0.29, 0.717) is 0 Å². The summed E-state index contributed by atoms with van der Waals surface area (Å²) in [4.78, 5) is 0. The molecule has 1 aromatic heterocycles. The molecule has 3 heteroatoms. The van der Waals surface area contributed by atoms with Crippen molar-refractivity contribution in [1.82, 2.24) is 9.78 Å². The van der Waals surface area contributed by atoms with Crippen LogP contribution in [-0.4, -0.2) is 14.9 Å². The van der Waals surface area contributed by atoms with Gasteiger partial charge in [0.25, 0.3) is 0 Å². The Morgan fingerprint density at radius 3 is 2.67 bits per heavy atom. The van der Waals surface area contributed by atoms with Crippen molar-refractivity contribution in [2.24, 2.45) is 0 Å². The zero-order chi connectivity index (χ0) is 13.0. The fourth-order valence-corrected chi connectivity index (χ4v) is 2.19. The molecule has 0 saturated heterocycles. The van der Waals surface area contributed by atoms with Crippen molar-refractivity contribution in [2.45, 2.75) is 39.8 Å². The minimum Gasteiger partial charge on any atom is -0.392 e. The molecular formula is C15H20N2O. The number of aliphatic hydroxyl groups excluding tert-OH is 1. The summed E-state index contributed by atoms with van der Waals surface area (Å²) in [5, 5.41) is 13.7. The van der Waals surface area contributed by atoms with Crippen molar-refractivity contribution in [3.63, 3.8) is 0 Å². The molecule has 18 heavy (non-hydrogen) atoms. The highest BCUT2D eigenvalue weighted by Gasteiger charge is 2.10. The number of hydrogen-bond acceptors (Lipinski definition) is 2. The van der Waals surface area contributed by atoms with Crippen LogP contribution in [0.5, 0.6) is 0 Å². The third kappa shape index (κ3) is 2.62. The lowest BCUT2D eigenvalue weighted by Gasteiger charge is -2.10. The Labute approximate surface area is 108 Å². The molecule has 0 amide bonds. The van der Waals surface area contributed by atoms with Crippen molar-refractivity contribution in [3.05, 3.63) is 52.8 Å². The van der Waals surface area contributed by atoms with E-state index in [1.54, 1.807) is 6.20 Å². The smallest absolute Gasteiger partial charge is 0.0715 e. The number of aryl methyl sites for hydroxylation is 1. The second-order valence-electron chi connectivity index (χ2n) is 4.61. The summed E-state index contributed by atoms with van der Waals surface area (Å²) in [7, 11) is 0. The summed E-state index contributed by atoms with van der Waals surface area (Å²) in [6.07, 6.45) is 3.80. The average molecular weight is 244 g/mol. The number of nitrogens with zero attached hydrogens (tertiary/aromatic N) is 2. The second kappa shape index (κ2) is 5.83. The molecule has 0 unspecified atom stereocenters. The van der Waals surface area contributed by atoms with Crippen LogP contribution in [0.15, 0.2) is 30.5 Å². The highest BCUT2D eigenvalue weighted by Crippen LogP contribution is 2.15. The van der Waals surface area contributed by atoms with E-state index in [4.69, 9.17) is 0 Å². The van der Waals surface area contributed by atoms with Crippen molar-refractivity contribution >= 4 is 0 Å². The maximum atomic E-state index is 9.33. The number of rotatable bonds is 5. The average Bonchev–Trinajstić information content (AvgIpc) is 2.75. The van der Waals surface area contributed by atoms with Gasteiger partial charge in [0.1, 0.15) is 0 Å². The Bertz CT molecular complexity index is 517. The minimum atomic E-state index is 0.0725. The first-order valence-corrected chi connectivity index (χ1v) is 6.45. The number of hydrogen-bond donors (Lipinski definition) is 1. The van der Waals surface area contributed by atoms with E-state index in [2.05, 4.69) is 37.1 Å². The van der Waals surface area contributed by atoms with Crippen LogP contribution in [-0.2, 0) is 19.6 Å². The molecule has 1 N–H and O–H groups in total. The van der Waals surface area contributed by atoms with Crippen molar-refractivity contribution in [2.75, 3.05) is 0 Å². The third-order valence-corrected chi connectivity index (χ3v) is 3.27. The van der Waals surface area contributed by atoms with Gasteiger partial charge in [0.2, 0.25) is 0 Å². The minimum absolute atomic E-state index is 0.0725. The molecule has 3 nitrogen and oxygen atoms in total. The van der Waals surface area contributed by atoms with Crippen molar-refractivity contribution < 1.29 is 5.11 Å². The molecule has 96 valence electrons. The summed E-state index contributed by atoms with van der Waals surface area (Å²) in [6.45, 7) is 5.11. The van der Waals surface area contributed by atoms with Gasteiger partial charge in [0.05, 0.1) is 19.3 Å². The zero-order valence-corrected chi connectivity index (χ0v) is 11.1. The summed E-state index contributed by atoms with van der Waals surface area (Å²) in [5.41, 5.74) is 4.66. The Kier molecular flexibility index (Phi) is 4.15. The van der Waals surface area contributed by atoms with Gasteiger partial charge in [0, 0.05) is 11.3 Å². The van der Waals surface area contributed by atoms with E-state index < -0.39 is 0 Å². The Morgan fingerprint density at radius 2 is 2.00 bits per heavy atom. The zero-order valence-electron chi connectivity index (χ0n) is 11.1. The third-order valence-electron chi connectivity index (χ3n) is 3.27. The molecule has 1 aromatic carbocycles. The molecule has 1 heterocycles. The first-order chi connectivity index (χ1) is 8.76. The molecule has 0 radical (unpaired) electrons. The van der Waals surface area contributed by atoms with Gasteiger partial charge in [0.15, 0.2) is 0 Å². The molecule has 0 spiro atoms. The SMILES string of the molecule is CCCc1c(CO)cnn1Cc1ccccc1C. The van der Waals surface area contributed by atoms with Crippen LogP contribution in [0.2, 0.25) is 0 Å². The topological polar surface area (TPSA) is 38.1 Å². The first kappa shape index (κ1) is 12.8. The van der Waals surface area contributed by atoms with Crippen LogP contribution >= 0.6 is 0 Å². The fourth-order valence-electron chi connectivity index (χ4n) is 2.19. The van der Waals surface area contributed by atoms with E-state index in [0.717, 1.165) is 30.6 Å². The normalized spacial score (nSPS) is 10.8. The molecule has 0 saturated carbocycles. The van der Waals surface area contributed by atoms with Gasteiger partial charge in [-0.2, -0.15) is 5.10 Å². The molecule has 2 aromatic rings. The first-order valence-electron chi connectivity index (χ1n) is 6.45. The molecule has 0 fully saturated rings. The summed E-state index contributed by atoms with van der Waals surface area (Å²) in [5.74, 6) is 0. The van der Waals surface area contributed by atoms with Crippen LogP contribution < -0.4 is 0 Å². The standard InChI is InChI=1S/C15H20N2O/c1-3-6-15-14(11-18)9-16-17(15)10-13-8-5-4-7-12(13)2/h4-5,7-9,18H,3,6,10-11H2,1-2H3. The van der Waals surface area contributed by atoms with Gasteiger partial charge >= 0.3 is 0 Å². The van der Waals surface area contributed by atoms with Gasteiger partial charge in [-0.05, 0) is 24.5 Å². The van der Waals surface area contributed by atoms with Crippen molar-refractivity contribution in [3.8, 4) is 0 Å². The van der Waals surface area contributed by atoms with E-state index >= 15 is 0 Å². The highest BCUT2D eigenvalue weighted by molar-refractivity contribution is 5.27. The van der Waals surface area contributed by atoms with Crippen LogP contribution in [0.25, 0.3) is 0 Å². The van der Waals surface area contributed by atoms with Gasteiger partial charge in [-0.15, -0.1) is 0 Å². The van der Waals surface area contributed by atoms with E-state index in [-0.39, 0.29) is 6.61 Å². The maximum Gasteiger partial charge on any atom is 0.0715 e. The van der Waals surface area contributed by atoms with Crippen LogP contribution in [0.3, 0.4) is 0 Å². The van der Waals surface area contributed by atoms with Crippen LogP contribution in [0.4, 0.5) is 0 Å². The van der Waals surface area contributed by atoms with E-state index in [1.807, 2.05) is 10.7 Å². The predicted molar refractivity (Wildman–Crippen MR) is 72.4 cm³/mol. The fraction of sp³-hybridized carbons (Fsp3) is 0.400. The molecular weight excluding hydrogens is 224 g/mol. The van der Waals surface area contributed by atoms with Gasteiger partial charge in [-0.25, -0.2) is 0 Å². The Hall–Kier alpha value is -1.61. The van der Waals surface area contributed by atoms with Crippen LogP contribution in [0, 0.1) is 6.92 Å². The Balaban J connectivity index is 2.29. The number of benzene rings is 1. The molecule has 0 atom stereocenters. The lowest BCUT2D eigenvalue weighted by Crippen LogP contribution is -2.08. The predicted octanol–water partition coefficient (Wildman–Crippen LogP) is 2.68. The molecule has 0 aliphatic rings. The summed E-state index contributed by atoms with van der Waals surface area (Å²) in [6, 6.07) is 8.35. The molecule has 0 bridgehead atoms. The highest BCUT2D eigenvalue weighted by atomic mass is 16.3. The van der Waals surface area contributed by atoms with Gasteiger partial charge in [-0.1, -0.05) is 37.6 Å². The van der Waals surface area contributed by atoms with Gasteiger partial charge in [-0.3, -0.25) is 4.68 Å². The molecule has 0 aliphatic heterocycles. The lowest BCUT2D eigenvalue weighted by atomic mass is 10.1. The molecule has 0 aliphatic carbocycles. The second-order valence-corrected chi connectivity index (χ2v) is 4.61. The Morgan fingerprint density at radius 1 is 1.22 bits per heavy atom. The largest absolute Gasteiger partial charge is 0.392 e. The van der Waals surface area contributed by atoms with E-state index in [1.165, 1.54) is 11.1 Å². The maximum absolute atomic E-state index is 9.33. The quantitative estimate of drug-likeness (QED) is 0.878. The van der Waals surface area contributed by atoms with Crippen LogP contribution in [0.1, 0.15) is 35.7 Å². The monoisotopic (exact) mass is 244 g/mol.